The van der Waals surface area contributed by atoms with Crippen LogP contribution in [0.1, 0.15) is 29.7 Å². The van der Waals surface area contributed by atoms with Crippen molar-refractivity contribution in [2.24, 2.45) is 0 Å². The first-order valence-corrected chi connectivity index (χ1v) is 5.60. The van der Waals surface area contributed by atoms with Crippen LogP contribution in [0.3, 0.4) is 0 Å². The van der Waals surface area contributed by atoms with Crippen molar-refractivity contribution in [1.82, 2.24) is 0 Å². The van der Waals surface area contributed by atoms with Gasteiger partial charge in [0.1, 0.15) is 0 Å². The second kappa shape index (κ2) is 4.66. The molecule has 0 bridgehead atoms. The third-order valence-electron chi connectivity index (χ3n) is 2.74. The van der Waals surface area contributed by atoms with Gasteiger partial charge >= 0.3 is 5.97 Å². The lowest BCUT2D eigenvalue weighted by Gasteiger charge is -2.24. The van der Waals surface area contributed by atoms with Gasteiger partial charge in [-0.2, -0.15) is 0 Å². The molecule has 0 spiro atoms. The van der Waals surface area contributed by atoms with E-state index in [9.17, 15) is 4.79 Å². The Bertz CT molecular complexity index is 398. The number of carbonyl (C=O) groups is 1. The van der Waals surface area contributed by atoms with Gasteiger partial charge in [-0.05, 0) is 31.4 Å². The highest BCUT2D eigenvalue weighted by atomic mass is 16.6. The Balaban J connectivity index is 2.31. The largest absolute Gasteiger partial charge is 0.464 e. The van der Waals surface area contributed by atoms with E-state index in [-0.39, 0.29) is 5.97 Å². The fraction of sp³-hybridized carbons (Fsp3) is 0.462. The minimum atomic E-state index is -0.538. The Morgan fingerprint density at radius 3 is 3.12 bits per heavy atom. The van der Waals surface area contributed by atoms with E-state index in [1.165, 1.54) is 5.56 Å². The molecule has 3 nitrogen and oxygen atoms in total. The van der Waals surface area contributed by atoms with Crippen LogP contribution >= 0.6 is 0 Å². The maximum Gasteiger partial charge on any atom is 0.339 e. The molecule has 2 rings (SSSR count). The van der Waals surface area contributed by atoms with Crippen LogP contribution in [0.25, 0.3) is 0 Å². The zero-order valence-corrected chi connectivity index (χ0v) is 9.66. The van der Waals surface area contributed by atoms with E-state index in [2.05, 4.69) is 12.1 Å². The van der Waals surface area contributed by atoms with Crippen molar-refractivity contribution < 1.29 is 14.3 Å². The number of esters is 1. The van der Waals surface area contributed by atoms with Crippen LogP contribution in [0.2, 0.25) is 0 Å². The van der Waals surface area contributed by atoms with Crippen LogP contribution in [0.5, 0.6) is 0 Å². The molecule has 1 aromatic rings. The predicted molar refractivity (Wildman–Crippen MR) is 60.2 cm³/mol. The maximum absolute atomic E-state index is 11.7. The molecule has 1 heterocycles. The summed E-state index contributed by atoms with van der Waals surface area (Å²) in [5, 5.41) is 0. The number of hydrogen-bond acceptors (Lipinski definition) is 3. The number of aryl methyl sites for hydroxylation is 1. The molecule has 1 unspecified atom stereocenters. The lowest BCUT2D eigenvalue weighted by Crippen LogP contribution is -2.25. The Kier molecular flexibility index (Phi) is 3.25. The predicted octanol–water partition coefficient (Wildman–Crippen LogP) is 2.17. The van der Waals surface area contributed by atoms with Gasteiger partial charge < -0.3 is 9.47 Å². The quantitative estimate of drug-likeness (QED) is 0.716. The summed E-state index contributed by atoms with van der Waals surface area (Å²) >= 11 is 0. The number of benzene rings is 1. The molecule has 16 heavy (non-hydrogen) atoms. The van der Waals surface area contributed by atoms with Gasteiger partial charge in [-0.1, -0.05) is 23.8 Å². The van der Waals surface area contributed by atoms with Gasteiger partial charge in [0.15, 0.2) is 6.10 Å². The van der Waals surface area contributed by atoms with Crippen molar-refractivity contribution in [3.63, 3.8) is 0 Å². The molecule has 0 amide bonds. The molecule has 3 heteroatoms. The summed E-state index contributed by atoms with van der Waals surface area (Å²) in [5.74, 6) is -0.283. The van der Waals surface area contributed by atoms with Crippen molar-refractivity contribution in [2.75, 3.05) is 13.2 Å². The molecule has 1 aromatic carbocycles. The summed E-state index contributed by atoms with van der Waals surface area (Å²) in [6.07, 6.45) is 0.328. The monoisotopic (exact) mass is 220 g/mol. The molecule has 0 radical (unpaired) electrons. The minimum Gasteiger partial charge on any atom is -0.464 e. The molecule has 0 aliphatic carbocycles. The van der Waals surface area contributed by atoms with Gasteiger partial charge in [-0.15, -0.1) is 0 Å². The number of ether oxygens (including phenoxy) is 2. The Morgan fingerprint density at radius 2 is 2.38 bits per heavy atom. The average molecular weight is 220 g/mol. The molecule has 1 atom stereocenters. The summed E-state index contributed by atoms with van der Waals surface area (Å²) in [4.78, 5) is 11.7. The van der Waals surface area contributed by atoms with Gasteiger partial charge in [-0.3, -0.25) is 0 Å². The van der Waals surface area contributed by atoms with E-state index < -0.39 is 6.10 Å². The standard InChI is InChI=1S/C13H16O3/c1-3-15-13(14)12-11-8-9(2)4-5-10(11)6-7-16-12/h4-5,8,12H,3,6-7H2,1-2H3. The highest BCUT2D eigenvalue weighted by Gasteiger charge is 2.28. The van der Waals surface area contributed by atoms with Gasteiger partial charge in [0.2, 0.25) is 0 Å². The fourth-order valence-corrected chi connectivity index (χ4v) is 1.98. The van der Waals surface area contributed by atoms with E-state index >= 15 is 0 Å². The first-order valence-electron chi connectivity index (χ1n) is 5.60. The van der Waals surface area contributed by atoms with Crippen LogP contribution in [0.4, 0.5) is 0 Å². The highest BCUT2D eigenvalue weighted by Crippen LogP contribution is 2.28. The zero-order chi connectivity index (χ0) is 11.5. The van der Waals surface area contributed by atoms with Crippen molar-refractivity contribution in [2.45, 2.75) is 26.4 Å². The molecule has 1 aliphatic rings. The van der Waals surface area contributed by atoms with Crippen LogP contribution in [0.15, 0.2) is 18.2 Å². The number of rotatable bonds is 2. The van der Waals surface area contributed by atoms with E-state index in [0.29, 0.717) is 13.2 Å². The summed E-state index contributed by atoms with van der Waals surface area (Å²) in [7, 11) is 0. The number of hydrogen-bond donors (Lipinski definition) is 0. The van der Waals surface area contributed by atoms with Crippen molar-refractivity contribution in [3.8, 4) is 0 Å². The fourth-order valence-electron chi connectivity index (χ4n) is 1.98. The lowest BCUT2D eigenvalue weighted by atomic mass is 9.95. The Hall–Kier alpha value is -1.35. The topological polar surface area (TPSA) is 35.5 Å². The Labute approximate surface area is 95.4 Å². The number of carbonyl (C=O) groups excluding carboxylic acids is 1. The third kappa shape index (κ3) is 2.09. The summed E-state index contributed by atoms with van der Waals surface area (Å²) < 4.78 is 10.5. The van der Waals surface area contributed by atoms with E-state index in [0.717, 1.165) is 17.5 Å². The zero-order valence-electron chi connectivity index (χ0n) is 9.66. The third-order valence-corrected chi connectivity index (χ3v) is 2.74. The van der Waals surface area contributed by atoms with E-state index in [4.69, 9.17) is 9.47 Å². The maximum atomic E-state index is 11.7. The van der Waals surface area contributed by atoms with Crippen LogP contribution in [-0.2, 0) is 20.7 Å². The van der Waals surface area contributed by atoms with Gasteiger partial charge in [-0.25, -0.2) is 4.79 Å². The number of fused-ring (bicyclic) bond motifs is 1. The molecule has 0 aromatic heterocycles. The van der Waals surface area contributed by atoms with Crippen molar-refractivity contribution >= 4 is 5.97 Å². The van der Waals surface area contributed by atoms with E-state index in [1.807, 2.05) is 13.0 Å². The average Bonchev–Trinajstić information content (AvgIpc) is 2.28. The molecule has 0 saturated carbocycles. The highest BCUT2D eigenvalue weighted by molar-refractivity contribution is 5.77. The molecule has 1 aliphatic heterocycles. The van der Waals surface area contributed by atoms with Gasteiger partial charge in [0, 0.05) is 0 Å². The molecular formula is C13H16O3. The van der Waals surface area contributed by atoms with Crippen molar-refractivity contribution in [1.29, 1.82) is 0 Å². The summed E-state index contributed by atoms with van der Waals surface area (Å²) in [5.41, 5.74) is 3.29. The smallest absolute Gasteiger partial charge is 0.339 e. The Morgan fingerprint density at radius 1 is 1.56 bits per heavy atom. The first kappa shape index (κ1) is 11.1. The molecule has 86 valence electrons. The van der Waals surface area contributed by atoms with Crippen LogP contribution in [0, 0.1) is 6.92 Å². The van der Waals surface area contributed by atoms with Crippen LogP contribution in [-0.4, -0.2) is 19.2 Å². The molecule has 0 N–H and O–H groups in total. The normalized spacial score (nSPS) is 19.0. The second-order valence-electron chi connectivity index (χ2n) is 3.96. The van der Waals surface area contributed by atoms with Crippen molar-refractivity contribution in [3.05, 3.63) is 34.9 Å². The second-order valence-corrected chi connectivity index (χ2v) is 3.96. The summed E-state index contributed by atoms with van der Waals surface area (Å²) in [6.45, 7) is 4.79. The SMILES string of the molecule is CCOC(=O)C1OCCc2ccc(C)cc21. The van der Waals surface area contributed by atoms with Gasteiger partial charge in [0.25, 0.3) is 0 Å². The molecule has 0 saturated heterocycles. The van der Waals surface area contributed by atoms with E-state index in [1.54, 1.807) is 6.92 Å². The van der Waals surface area contributed by atoms with Gasteiger partial charge in [0.05, 0.1) is 13.2 Å². The first-order chi connectivity index (χ1) is 7.72. The lowest BCUT2D eigenvalue weighted by molar-refractivity contribution is -0.158. The molecule has 0 fully saturated rings. The summed E-state index contributed by atoms with van der Waals surface area (Å²) in [6, 6.07) is 6.14. The minimum absolute atomic E-state index is 0.283. The van der Waals surface area contributed by atoms with Crippen LogP contribution < -0.4 is 0 Å². The molecular weight excluding hydrogens is 204 g/mol.